The summed E-state index contributed by atoms with van der Waals surface area (Å²) >= 11 is 0. The van der Waals surface area contributed by atoms with E-state index in [0.717, 1.165) is 39.6 Å². The molecule has 3 aromatic rings. The van der Waals surface area contributed by atoms with Crippen LogP contribution >= 0.6 is 0 Å². The number of hydrogen-bond donors (Lipinski definition) is 1. The van der Waals surface area contributed by atoms with E-state index in [2.05, 4.69) is 9.38 Å². The number of methoxy groups -OCH3 is 1. The lowest BCUT2D eigenvalue weighted by atomic mass is 10.1. The SMILES string of the molecule is COc1ccc(-c2c(C)nc3c(C)cc(N)cn23)cc1. The number of anilines is 1. The maximum atomic E-state index is 5.96. The summed E-state index contributed by atoms with van der Waals surface area (Å²) in [5, 5.41) is 0. The monoisotopic (exact) mass is 267 g/mol. The van der Waals surface area contributed by atoms with Crippen molar-refractivity contribution in [2.75, 3.05) is 12.8 Å². The number of imidazole rings is 1. The van der Waals surface area contributed by atoms with Gasteiger partial charge in [-0.2, -0.15) is 0 Å². The highest BCUT2D eigenvalue weighted by atomic mass is 16.5. The van der Waals surface area contributed by atoms with Gasteiger partial charge in [0, 0.05) is 17.4 Å². The second-order valence-corrected chi connectivity index (χ2v) is 4.92. The van der Waals surface area contributed by atoms with Gasteiger partial charge in [-0.1, -0.05) is 0 Å². The minimum absolute atomic E-state index is 0.738. The van der Waals surface area contributed by atoms with Crippen LogP contribution in [0.3, 0.4) is 0 Å². The highest BCUT2D eigenvalue weighted by Crippen LogP contribution is 2.28. The van der Waals surface area contributed by atoms with Gasteiger partial charge in [-0.25, -0.2) is 4.98 Å². The third kappa shape index (κ3) is 1.90. The predicted molar refractivity (Wildman–Crippen MR) is 81.1 cm³/mol. The number of hydrogen-bond acceptors (Lipinski definition) is 3. The molecule has 0 aliphatic rings. The van der Waals surface area contributed by atoms with Crippen molar-refractivity contribution in [1.29, 1.82) is 0 Å². The van der Waals surface area contributed by atoms with Crippen molar-refractivity contribution in [3.05, 3.63) is 47.8 Å². The molecular weight excluding hydrogens is 250 g/mol. The zero-order valence-corrected chi connectivity index (χ0v) is 11.8. The van der Waals surface area contributed by atoms with Gasteiger partial charge in [0.2, 0.25) is 0 Å². The van der Waals surface area contributed by atoms with Gasteiger partial charge in [-0.05, 0) is 49.7 Å². The van der Waals surface area contributed by atoms with Crippen molar-refractivity contribution in [3.63, 3.8) is 0 Å². The van der Waals surface area contributed by atoms with E-state index in [9.17, 15) is 0 Å². The van der Waals surface area contributed by atoms with Gasteiger partial charge in [-0.15, -0.1) is 0 Å². The van der Waals surface area contributed by atoms with Crippen molar-refractivity contribution < 1.29 is 4.74 Å². The number of benzene rings is 1. The second-order valence-electron chi connectivity index (χ2n) is 4.92. The van der Waals surface area contributed by atoms with Gasteiger partial charge in [0.25, 0.3) is 0 Å². The molecule has 0 atom stereocenters. The average molecular weight is 267 g/mol. The fraction of sp³-hybridized carbons (Fsp3) is 0.188. The van der Waals surface area contributed by atoms with Crippen LogP contribution in [0.4, 0.5) is 5.69 Å². The van der Waals surface area contributed by atoms with E-state index in [1.807, 2.05) is 50.4 Å². The van der Waals surface area contributed by atoms with Crippen molar-refractivity contribution in [1.82, 2.24) is 9.38 Å². The Balaban J connectivity index is 2.26. The van der Waals surface area contributed by atoms with Gasteiger partial charge >= 0.3 is 0 Å². The number of pyridine rings is 1. The van der Waals surface area contributed by atoms with E-state index in [-0.39, 0.29) is 0 Å². The molecule has 20 heavy (non-hydrogen) atoms. The van der Waals surface area contributed by atoms with E-state index in [0.29, 0.717) is 0 Å². The number of nitrogens with zero attached hydrogens (tertiary/aromatic N) is 2. The Bertz CT molecular complexity index is 773. The summed E-state index contributed by atoms with van der Waals surface area (Å²) in [4.78, 5) is 4.65. The van der Waals surface area contributed by atoms with Crippen molar-refractivity contribution in [2.45, 2.75) is 13.8 Å². The summed E-state index contributed by atoms with van der Waals surface area (Å²) in [6.45, 7) is 4.04. The van der Waals surface area contributed by atoms with Crippen LogP contribution in [-0.2, 0) is 0 Å². The number of nitrogens with two attached hydrogens (primary N) is 1. The summed E-state index contributed by atoms with van der Waals surface area (Å²) in [5.74, 6) is 0.843. The average Bonchev–Trinajstić information content (AvgIpc) is 2.76. The molecular formula is C16H17N3O. The topological polar surface area (TPSA) is 52.5 Å². The molecule has 0 fully saturated rings. The van der Waals surface area contributed by atoms with E-state index >= 15 is 0 Å². The normalized spacial score (nSPS) is 10.9. The van der Waals surface area contributed by atoms with Gasteiger partial charge in [0.1, 0.15) is 11.4 Å². The largest absolute Gasteiger partial charge is 0.497 e. The summed E-state index contributed by atoms with van der Waals surface area (Å²) in [5.41, 5.74) is 11.9. The molecule has 2 aromatic heterocycles. The maximum Gasteiger partial charge on any atom is 0.140 e. The van der Waals surface area contributed by atoms with Gasteiger partial charge in [-0.3, -0.25) is 4.40 Å². The molecule has 1 aromatic carbocycles. The van der Waals surface area contributed by atoms with Crippen LogP contribution in [0.1, 0.15) is 11.3 Å². The van der Waals surface area contributed by atoms with Crippen LogP contribution in [0.5, 0.6) is 5.75 Å². The van der Waals surface area contributed by atoms with Crippen molar-refractivity contribution in [3.8, 4) is 17.0 Å². The number of aryl methyl sites for hydroxylation is 2. The van der Waals surface area contributed by atoms with E-state index in [4.69, 9.17) is 10.5 Å². The fourth-order valence-electron chi connectivity index (χ4n) is 2.55. The lowest BCUT2D eigenvalue weighted by Crippen LogP contribution is -1.95. The van der Waals surface area contributed by atoms with Crippen molar-refractivity contribution >= 4 is 11.3 Å². The molecule has 0 aliphatic heterocycles. The van der Waals surface area contributed by atoms with Crippen LogP contribution in [0, 0.1) is 13.8 Å². The third-order valence-corrected chi connectivity index (χ3v) is 3.46. The second kappa shape index (κ2) is 4.56. The molecule has 2 heterocycles. The molecule has 0 unspecified atom stereocenters. The first-order valence-corrected chi connectivity index (χ1v) is 6.49. The van der Waals surface area contributed by atoms with Gasteiger partial charge in [0.05, 0.1) is 18.5 Å². The molecule has 0 amide bonds. The highest BCUT2D eigenvalue weighted by molar-refractivity contribution is 5.70. The number of nitrogen functional groups attached to an aromatic ring is 1. The summed E-state index contributed by atoms with van der Waals surface area (Å²) < 4.78 is 7.26. The first kappa shape index (κ1) is 12.5. The molecule has 4 nitrogen and oxygen atoms in total. The van der Waals surface area contributed by atoms with E-state index in [1.165, 1.54) is 0 Å². The van der Waals surface area contributed by atoms with Crippen LogP contribution in [-0.4, -0.2) is 16.5 Å². The summed E-state index contributed by atoms with van der Waals surface area (Å²) in [6, 6.07) is 9.92. The number of ether oxygens (including phenoxy) is 1. The Hall–Kier alpha value is -2.49. The number of rotatable bonds is 2. The molecule has 0 aliphatic carbocycles. The van der Waals surface area contributed by atoms with Gasteiger partial charge in [0.15, 0.2) is 0 Å². The van der Waals surface area contributed by atoms with E-state index < -0.39 is 0 Å². The molecule has 3 rings (SSSR count). The van der Waals surface area contributed by atoms with Crippen molar-refractivity contribution in [2.24, 2.45) is 0 Å². The predicted octanol–water partition coefficient (Wildman–Crippen LogP) is 3.21. The minimum Gasteiger partial charge on any atom is -0.497 e. The lowest BCUT2D eigenvalue weighted by molar-refractivity contribution is 0.415. The standard InChI is InChI=1S/C16H17N3O/c1-10-8-13(17)9-19-15(11(2)18-16(10)19)12-4-6-14(20-3)7-5-12/h4-9H,17H2,1-3H3. The number of fused-ring (bicyclic) bond motifs is 1. The Kier molecular flexibility index (Phi) is 2.86. The first-order chi connectivity index (χ1) is 9.60. The minimum atomic E-state index is 0.738. The van der Waals surface area contributed by atoms with Crippen LogP contribution in [0.25, 0.3) is 16.9 Å². The quantitative estimate of drug-likeness (QED) is 0.775. The lowest BCUT2D eigenvalue weighted by Gasteiger charge is -2.07. The molecule has 2 N–H and O–H groups in total. The smallest absolute Gasteiger partial charge is 0.140 e. The zero-order chi connectivity index (χ0) is 14.3. The number of aromatic nitrogens is 2. The maximum absolute atomic E-state index is 5.96. The molecule has 0 spiro atoms. The van der Waals surface area contributed by atoms with Crippen LogP contribution < -0.4 is 10.5 Å². The molecule has 0 bridgehead atoms. The summed E-state index contributed by atoms with van der Waals surface area (Å²) in [6.07, 6.45) is 1.92. The van der Waals surface area contributed by atoms with E-state index in [1.54, 1.807) is 7.11 Å². The Morgan fingerprint density at radius 1 is 1.15 bits per heavy atom. The fourth-order valence-corrected chi connectivity index (χ4v) is 2.55. The Morgan fingerprint density at radius 3 is 2.50 bits per heavy atom. The zero-order valence-electron chi connectivity index (χ0n) is 11.8. The molecule has 0 radical (unpaired) electrons. The van der Waals surface area contributed by atoms with Crippen LogP contribution in [0.2, 0.25) is 0 Å². The molecule has 0 saturated carbocycles. The molecule has 0 saturated heterocycles. The van der Waals surface area contributed by atoms with Gasteiger partial charge < -0.3 is 10.5 Å². The molecule has 4 heteroatoms. The highest BCUT2D eigenvalue weighted by Gasteiger charge is 2.13. The van der Waals surface area contributed by atoms with Crippen LogP contribution in [0.15, 0.2) is 36.5 Å². The Morgan fingerprint density at radius 2 is 1.85 bits per heavy atom. The molecule has 102 valence electrons. The first-order valence-electron chi connectivity index (χ1n) is 6.49. The third-order valence-electron chi connectivity index (χ3n) is 3.46. The summed E-state index contributed by atoms with van der Waals surface area (Å²) in [7, 11) is 1.67. The Labute approximate surface area is 117 Å².